The van der Waals surface area contributed by atoms with Crippen LogP contribution in [0.25, 0.3) is 0 Å². The first kappa shape index (κ1) is 14.8. The number of benzene rings is 1. The Bertz CT molecular complexity index is 432. The van der Waals surface area contributed by atoms with Gasteiger partial charge in [0.15, 0.2) is 0 Å². The Morgan fingerprint density at radius 3 is 2.67 bits per heavy atom. The summed E-state index contributed by atoms with van der Waals surface area (Å²) in [5.74, 6) is -1.01. The van der Waals surface area contributed by atoms with Gasteiger partial charge in [0, 0.05) is 23.9 Å². The molecule has 0 fully saturated rings. The van der Waals surface area contributed by atoms with Gasteiger partial charge >= 0.3 is 5.97 Å². The second-order valence-electron chi connectivity index (χ2n) is 4.99. The molecule has 0 aliphatic heterocycles. The number of carboxylic acid groups (broad SMARTS) is 1. The third-order valence-electron chi connectivity index (χ3n) is 2.76. The summed E-state index contributed by atoms with van der Waals surface area (Å²) in [6.45, 7) is 4.70. The van der Waals surface area contributed by atoms with E-state index in [1.54, 1.807) is 12.1 Å². The molecule has 0 aliphatic carbocycles. The Morgan fingerprint density at radius 2 is 2.11 bits per heavy atom. The Labute approximate surface area is 112 Å². The van der Waals surface area contributed by atoms with Crippen molar-refractivity contribution in [2.75, 3.05) is 18.5 Å². The van der Waals surface area contributed by atoms with E-state index in [-0.39, 0.29) is 17.6 Å². The predicted octanol–water partition coefficient (Wildman–Crippen LogP) is 2.86. The number of carbonyl (C=O) groups is 1. The highest BCUT2D eigenvalue weighted by atomic mass is 35.5. The number of carboxylic acids is 1. The van der Waals surface area contributed by atoms with Crippen molar-refractivity contribution < 1.29 is 15.0 Å². The van der Waals surface area contributed by atoms with Crippen LogP contribution in [0.3, 0.4) is 0 Å². The molecule has 5 heteroatoms. The van der Waals surface area contributed by atoms with Crippen molar-refractivity contribution in [3.8, 4) is 0 Å². The van der Waals surface area contributed by atoms with Crippen molar-refractivity contribution in [2.24, 2.45) is 5.41 Å². The Kier molecular flexibility index (Phi) is 4.99. The summed E-state index contributed by atoms with van der Waals surface area (Å²) >= 11 is 5.78. The van der Waals surface area contributed by atoms with Gasteiger partial charge in [-0.25, -0.2) is 4.79 Å². The average Bonchev–Trinajstić information content (AvgIpc) is 2.27. The molecule has 0 amide bonds. The van der Waals surface area contributed by atoms with E-state index >= 15 is 0 Å². The summed E-state index contributed by atoms with van der Waals surface area (Å²) in [5.41, 5.74) is 0.588. The van der Waals surface area contributed by atoms with Crippen LogP contribution in [-0.4, -0.2) is 29.3 Å². The van der Waals surface area contributed by atoms with Gasteiger partial charge in [-0.15, -0.1) is 0 Å². The van der Waals surface area contributed by atoms with Crippen LogP contribution < -0.4 is 5.32 Å². The van der Waals surface area contributed by atoms with Crippen molar-refractivity contribution in [2.45, 2.75) is 20.3 Å². The lowest BCUT2D eigenvalue weighted by Crippen LogP contribution is -2.25. The third-order valence-corrected chi connectivity index (χ3v) is 2.99. The number of aromatic carboxylic acids is 1. The zero-order valence-corrected chi connectivity index (χ0v) is 11.3. The van der Waals surface area contributed by atoms with E-state index in [2.05, 4.69) is 5.32 Å². The fourth-order valence-corrected chi connectivity index (χ4v) is 1.75. The first-order valence-corrected chi connectivity index (χ1v) is 6.11. The number of rotatable bonds is 6. The summed E-state index contributed by atoms with van der Waals surface area (Å²) in [7, 11) is 0. The van der Waals surface area contributed by atoms with Gasteiger partial charge in [0.05, 0.1) is 5.56 Å². The van der Waals surface area contributed by atoms with Crippen LogP contribution in [-0.2, 0) is 0 Å². The summed E-state index contributed by atoms with van der Waals surface area (Å²) in [6.07, 6.45) is 0.649. The van der Waals surface area contributed by atoms with Crippen molar-refractivity contribution in [1.29, 1.82) is 0 Å². The molecule has 0 atom stereocenters. The van der Waals surface area contributed by atoms with Gasteiger partial charge < -0.3 is 15.5 Å². The lowest BCUT2D eigenvalue weighted by atomic mass is 9.89. The lowest BCUT2D eigenvalue weighted by Gasteiger charge is -2.25. The summed E-state index contributed by atoms with van der Waals surface area (Å²) in [6, 6.07) is 4.72. The summed E-state index contributed by atoms with van der Waals surface area (Å²) in [5, 5.41) is 21.5. The topological polar surface area (TPSA) is 69.6 Å². The lowest BCUT2D eigenvalue weighted by molar-refractivity contribution is 0.0697. The molecule has 100 valence electrons. The Hall–Kier alpha value is -1.26. The number of hydrogen-bond donors (Lipinski definition) is 3. The van der Waals surface area contributed by atoms with Gasteiger partial charge in [-0.3, -0.25) is 0 Å². The summed E-state index contributed by atoms with van der Waals surface area (Å²) in [4.78, 5) is 11.1. The molecule has 4 nitrogen and oxygen atoms in total. The van der Waals surface area contributed by atoms with Gasteiger partial charge in [0.25, 0.3) is 0 Å². The average molecular weight is 272 g/mol. The highest BCUT2D eigenvalue weighted by molar-refractivity contribution is 6.31. The van der Waals surface area contributed by atoms with E-state index in [0.29, 0.717) is 23.7 Å². The van der Waals surface area contributed by atoms with Crippen LogP contribution in [0.5, 0.6) is 0 Å². The molecule has 3 N–H and O–H groups in total. The zero-order chi connectivity index (χ0) is 13.8. The molecule has 0 saturated heterocycles. The molecule has 1 aromatic carbocycles. The molecule has 18 heavy (non-hydrogen) atoms. The highest BCUT2D eigenvalue weighted by Crippen LogP contribution is 2.24. The normalized spacial score (nSPS) is 11.3. The number of hydrogen-bond acceptors (Lipinski definition) is 3. The van der Waals surface area contributed by atoms with Crippen LogP contribution in [0.1, 0.15) is 30.6 Å². The molecule has 1 aromatic rings. The molecule has 0 saturated carbocycles. The largest absolute Gasteiger partial charge is 0.478 e. The van der Waals surface area contributed by atoms with Crippen molar-refractivity contribution in [3.05, 3.63) is 28.8 Å². The maximum absolute atomic E-state index is 11.1. The minimum absolute atomic E-state index is 0.107. The standard InChI is InChI=1S/C13H18ClNO3/c1-13(2,5-6-16)8-15-11-4-3-9(14)7-10(11)12(17)18/h3-4,7,15-16H,5-6,8H2,1-2H3,(H,17,18). The highest BCUT2D eigenvalue weighted by Gasteiger charge is 2.18. The second-order valence-corrected chi connectivity index (χ2v) is 5.42. The summed E-state index contributed by atoms with van der Waals surface area (Å²) < 4.78 is 0. The quantitative estimate of drug-likeness (QED) is 0.744. The predicted molar refractivity (Wildman–Crippen MR) is 72.4 cm³/mol. The van der Waals surface area contributed by atoms with Gasteiger partial charge in [-0.05, 0) is 30.0 Å². The number of nitrogens with one attached hydrogen (secondary N) is 1. The molecular formula is C13H18ClNO3. The SMILES string of the molecule is CC(C)(CCO)CNc1ccc(Cl)cc1C(=O)O. The maximum Gasteiger partial charge on any atom is 0.337 e. The van der Waals surface area contributed by atoms with Crippen LogP contribution >= 0.6 is 11.6 Å². The zero-order valence-electron chi connectivity index (χ0n) is 10.5. The molecule has 0 spiro atoms. The van der Waals surface area contributed by atoms with E-state index < -0.39 is 5.97 Å². The first-order chi connectivity index (χ1) is 8.35. The third kappa shape index (κ3) is 4.20. The molecule has 0 aromatic heterocycles. The number of aliphatic hydroxyl groups is 1. The fraction of sp³-hybridized carbons (Fsp3) is 0.462. The van der Waals surface area contributed by atoms with E-state index in [1.807, 2.05) is 13.8 Å². The molecule has 0 radical (unpaired) electrons. The number of aliphatic hydroxyl groups excluding tert-OH is 1. The van der Waals surface area contributed by atoms with Crippen molar-refractivity contribution in [1.82, 2.24) is 0 Å². The fourth-order valence-electron chi connectivity index (χ4n) is 1.57. The van der Waals surface area contributed by atoms with Crippen LogP contribution in [0.2, 0.25) is 5.02 Å². The number of anilines is 1. The number of halogens is 1. The first-order valence-electron chi connectivity index (χ1n) is 5.73. The van der Waals surface area contributed by atoms with Crippen molar-refractivity contribution >= 4 is 23.3 Å². The molecule has 0 aliphatic rings. The second kappa shape index (κ2) is 6.07. The Balaban J connectivity index is 2.82. The Morgan fingerprint density at radius 1 is 1.44 bits per heavy atom. The van der Waals surface area contributed by atoms with Crippen molar-refractivity contribution in [3.63, 3.8) is 0 Å². The van der Waals surface area contributed by atoms with Gasteiger partial charge in [-0.2, -0.15) is 0 Å². The maximum atomic E-state index is 11.1. The molecule has 1 rings (SSSR count). The van der Waals surface area contributed by atoms with Crippen LogP contribution in [0, 0.1) is 5.41 Å². The van der Waals surface area contributed by atoms with E-state index in [9.17, 15) is 4.79 Å². The van der Waals surface area contributed by atoms with Gasteiger partial charge in [-0.1, -0.05) is 25.4 Å². The van der Waals surface area contributed by atoms with E-state index in [4.69, 9.17) is 21.8 Å². The van der Waals surface area contributed by atoms with Crippen LogP contribution in [0.15, 0.2) is 18.2 Å². The van der Waals surface area contributed by atoms with Crippen LogP contribution in [0.4, 0.5) is 5.69 Å². The van der Waals surface area contributed by atoms with Gasteiger partial charge in [0.2, 0.25) is 0 Å². The molecular weight excluding hydrogens is 254 g/mol. The molecule has 0 heterocycles. The van der Waals surface area contributed by atoms with Gasteiger partial charge in [0.1, 0.15) is 0 Å². The van der Waals surface area contributed by atoms with E-state index in [0.717, 1.165) is 0 Å². The minimum atomic E-state index is -1.01. The monoisotopic (exact) mass is 271 g/mol. The van der Waals surface area contributed by atoms with E-state index in [1.165, 1.54) is 6.07 Å². The molecule has 0 bridgehead atoms. The minimum Gasteiger partial charge on any atom is -0.478 e. The molecule has 0 unspecified atom stereocenters. The smallest absolute Gasteiger partial charge is 0.337 e.